The molecule has 1 atom stereocenters. The Morgan fingerprint density at radius 3 is 2.67 bits per heavy atom. The summed E-state index contributed by atoms with van der Waals surface area (Å²) in [5, 5.41) is 2.52. The maximum Gasteiger partial charge on any atom is 0.331 e. The Kier molecular flexibility index (Phi) is 9.73. The Hall–Kier alpha value is -4.01. The zero-order valence-electron chi connectivity index (χ0n) is 20.8. The molecule has 1 heterocycles. The minimum absolute atomic E-state index is 0.00971. The number of likely N-dealkylation sites (N-methyl/N-ethyl adjacent to an activating group) is 1. The number of nitrogens with one attached hydrogen (secondary N) is 1. The Bertz CT molecular complexity index is 1100. The first-order valence-electron chi connectivity index (χ1n) is 12.0. The van der Waals surface area contributed by atoms with Crippen molar-refractivity contribution in [3.63, 3.8) is 0 Å². The number of carbonyl (C=O) groups is 3. The maximum atomic E-state index is 12.9. The molecule has 192 valence electrons. The van der Waals surface area contributed by atoms with Gasteiger partial charge in [0.25, 0.3) is 11.8 Å². The number of hydrogen-bond acceptors (Lipinski definition) is 7. The molecule has 0 aliphatic carbocycles. The normalized spacial score (nSPS) is 14.5. The molecule has 0 radical (unpaired) electrons. The summed E-state index contributed by atoms with van der Waals surface area (Å²) in [5.41, 5.74) is 1.24. The lowest BCUT2D eigenvalue weighted by molar-refractivity contribution is -0.143. The van der Waals surface area contributed by atoms with Gasteiger partial charge in [-0.05, 0) is 49.2 Å². The maximum absolute atomic E-state index is 12.9. The molecule has 1 aliphatic heterocycles. The SMILES string of the molecule is CCCCOc1ccc(/C=C/C(=O)OCC(=O)N2CC(C(=O)NC)Oc3ccccc32)cc1OCC. The third-order valence-corrected chi connectivity index (χ3v) is 5.39. The molecule has 2 aromatic rings. The minimum atomic E-state index is -0.863. The summed E-state index contributed by atoms with van der Waals surface area (Å²) < 4.78 is 22.3. The summed E-state index contributed by atoms with van der Waals surface area (Å²) >= 11 is 0. The van der Waals surface area contributed by atoms with E-state index >= 15 is 0 Å². The molecule has 9 heteroatoms. The fourth-order valence-electron chi connectivity index (χ4n) is 3.53. The van der Waals surface area contributed by atoms with E-state index in [2.05, 4.69) is 12.2 Å². The van der Waals surface area contributed by atoms with Gasteiger partial charge in [0.2, 0.25) is 0 Å². The molecule has 9 nitrogen and oxygen atoms in total. The topological polar surface area (TPSA) is 103 Å². The highest BCUT2D eigenvalue weighted by Gasteiger charge is 2.33. The molecule has 0 aromatic heterocycles. The molecule has 0 fully saturated rings. The monoisotopic (exact) mass is 496 g/mol. The first-order chi connectivity index (χ1) is 17.5. The molecule has 1 aliphatic rings. The summed E-state index contributed by atoms with van der Waals surface area (Å²) in [6.45, 7) is 4.59. The zero-order valence-corrected chi connectivity index (χ0v) is 20.8. The van der Waals surface area contributed by atoms with Gasteiger partial charge in [-0.25, -0.2) is 4.79 Å². The van der Waals surface area contributed by atoms with Gasteiger partial charge in [0, 0.05) is 13.1 Å². The smallest absolute Gasteiger partial charge is 0.331 e. The van der Waals surface area contributed by atoms with Crippen molar-refractivity contribution in [1.29, 1.82) is 0 Å². The van der Waals surface area contributed by atoms with Crippen molar-refractivity contribution in [3.8, 4) is 17.2 Å². The van der Waals surface area contributed by atoms with E-state index in [0.29, 0.717) is 36.1 Å². The molecule has 36 heavy (non-hydrogen) atoms. The van der Waals surface area contributed by atoms with Crippen LogP contribution in [0.15, 0.2) is 48.5 Å². The molecule has 3 rings (SSSR count). The van der Waals surface area contributed by atoms with E-state index in [0.717, 1.165) is 18.4 Å². The molecular formula is C27H32N2O7. The second kappa shape index (κ2) is 13.2. The van der Waals surface area contributed by atoms with Crippen molar-refractivity contribution in [1.82, 2.24) is 5.32 Å². The van der Waals surface area contributed by atoms with Crippen molar-refractivity contribution in [2.75, 3.05) is 38.3 Å². The van der Waals surface area contributed by atoms with E-state index < -0.39 is 24.6 Å². The van der Waals surface area contributed by atoms with E-state index in [9.17, 15) is 14.4 Å². The number of para-hydroxylation sites is 2. The Balaban J connectivity index is 1.61. The second-order valence-corrected chi connectivity index (χ2v) is 7.98. The van der Waals surface area contributed by atoms with Gasteiger partial charge in [0.15, 0.2) is 24.2 Å². The average Bonchev–Trinajstić information content (AvgIpc) is 2.90. The number of ether oxygens (including phenoxy) is 4. The number of unbranched alkanes of at least 4 members (excludes halogenated alkanes) is 1. The predicted octanol–water partition coefficient (Wildman–Crippen LogP) is 3.36. The molecule has 0 saturated carbocycles. The van der Waals surface area contributed by atoms with Gasteiger partial charge < -0.3 is 29.2 Å². The molecule has 0 bridgehead atoms. The van der Waals surface area contributed by atoms with Crippen molar-refractivity contribution in [2.24, 2.45) is 0 Å². The molecule has 1 N–H and O–H groups in total. The fraction of sp³-hybridized carbons (Fsp3) is 0.370. The van der Waals surface area contributed by atoms with Crippen molar-refractivity contribution >= 4 is 29.5 Å². The highest BCUT2D eigenvalue weighted by molar-refractivity contribution is 5.99. The van der Waals surface area contributed by atoms with E-state index in [-0.39, 0.29) is 12.5 Å². The lowest BCUT2D eigenvalue weighted by Gasteiger charge is -2.33. The molecule has 0 saturated heterocycles. The van der Waals surface area contributed by atoms with Crippen LogP contribution in [0, 0.1) is 0 Å². The van der Waals surface area contributed by atoms with Crippen LogP contribution in [0.2, 0.25) is 0 Å². The van der Waals surface area contributed by atoms with Crippen molar-refractivity contribution in [2.45, 2.75) is 32.8 Å². The van der Waals surface area contributed by atoms with Crippen LogP contribution in [-0.2, 0) is 19.1 Å². The highest BCUT2D eigenvalue weighted by Crippen LogP contribution is 2.33. The van der Waals surface area contributed by atoms with Crippen LogP contribution in [0.5, 0.6) is 17.2 Å². The van der Waals surface area contributed by atoms with Crippen molar-refractivity contribution in [3.05, 3.63) is 54.1 Å². The van der Waals surface area contributed by atoms with Gasteiger partial charge in [-0.15, -0.1) is 0 Å². The van der Waals surface area contributed by atoms with Crippen molar-refractivity contribution < 1.29 is 33.3 Å². The summed E-state index contributed by atoms with van der Waals surface area (Å²) in [7, 11) is 1.50. The lowest BCUT2D eigenvalue weighted by atomic mass is 10.1. The summed E-state index contributed by atoms with van der Waals surface area (Å²) in [6.07, 6.45) is 3.94. The van der Waals surface area contributed by atoms with Crippen LogP contribution in [0.1, 0.15) is 32.3 Å². The predicted molar refractivity (Wildman–Crippen MR) is 135 cm³/mol. The van der Waals surface area contributed by atoms with Gasteiger partial charge in [0.1, 0.15) is 5.75 Å². The Morgan fingerprint density at radius 1 is 1.11 bits per heavy atom. The van der Waals surface area contributed by atoms with Gasteiger partial charge >= 0.3 is 5.97 Å². The number of anilines is 1. The number of hydrogen-bond donors (Lipinski definition) is 1. The second-order valence-electron chi connectivity index (χ2n) is 7.98. The summed E-state index contributed by atoms with van der Waals surface area (Å²) in [6, 6.07) is 12.3. The van der Waals surface area contributed by atoms with Crippen LogP contribution in [-0.4, -0.2) is 57.3 Å². The number of benzene rings is 2. The average molecular weight is 497 g/mol. The van der Waals surface area contributed by atoms with E-state index in [1.165, 1.54) is 18.0 Å². The number of esters is 1. The zero-order chi connectivity index (χ0) is 25.9. The van der Waals surface area contributed by atoms with Crippen LogP contribution >= 0.6 is 0 Å². The quantitative estimate of drug-likeness (QED) is 0.289. The highest BCUT2D eigenvalue weighted by atomic mass is 16.5. The van der Waals surface area contributed by atoms with E-state index in [1.807, 2.05) is 13.0 Å². The number of carbonyl (C=O) groups excluding carboxylic acids is 3. The first kappa shape index (κ1) is 26.6. The lowest BCUT2D eigenvalue weighted by Crippen LogP contribution is -2.51. The number of amides is 2. The fourth-order valence-corrected chi connectivity index (χ4v) is 3.53. The minimum Gasteiger partial charge on any atom is -0.490 e. The third kappa shape index (κ3) is 7.00. The first-order valence-corrected chi connectivity index (χ1v) is 12.0. The van der Waals surface area contributed by atoms with Crippen LogP contribution in [0.25, 0.3) is 6.08 Å². The molecule has 2 aromatic carbocycles. The standard InChI is InChI=1S/C27H32N2O7/c1-4-6-15-34-22-13-11-19(16-23(22)33-5-2)12-14-26(31)35-18-25(30)29-17-24(27(32)28-3)36-21-10-8-7-9-20(21)29/h7-14,16,24H,4-6,15,17-18H2,1-3H3,(H,28,32)/b14-12+. The molecule has 0 spiro atoms. The van der Waals surface area contributed by atoms with Crippen LogP contribution in [0.3, 0.4) is 0 Å². The number of nitrogens with zero attached hydrogens (tertiary/aromatic N) is 1. The largest absolute Gasteiger partial charge is 0.490 e. The molecule has 2 amide bonds. The Labute approximate surface area is 211 Å². The van der Waals surface area contributed by atoms with Crippen LogP contribution < -0.4 is 24.4 Å². The van der Waals surface area contributed by atoms with E-state index in [1.54, 1.807) is 42.5 Å². The molecular weight excluding hydrogens is 464 g/mol. The third-order valence-electron chi connectivity index (χ3n) is 5.39. The van der Waals surface area contributed by atoms with Gasteiger partial charge in [0.05, 0.1) is 25.4 Å². The van der Waals surface area contributed by atoms with Gasteiger partial charge in [-0.3, -0.25) is 9.59 Å². The Morgan fingerprint density at radius 2 is 1.92 bits per heavy atom. The number of rotatable bonds is 11. The van der Waals surface area contributed by atoms with Gasteiger partial charge in [-0.2, -0.15) is 0 Å². The molecule has 1 unspecified atom stereocenters. The van der Waals surface area contributed by atoms with Crippen LogP contribution in [0.4, 0.5) is 5.69 Å². The van der Waals surface area contributed by atoms with Gasteiger partial charge in [-0.1, -0.05) is 31.5 Å². The number of fused-ring (bicyclic) bond motifs is 1. The summed E-state index contributed by atoms with van der Waals surface area (Å²) in [4.78, 5) is 38.6. The summed E-state index contributed by atoms with van der Waals surface area (Å²) in [5.74, 6) is 0.162. The van der Waals surface area contributed by atoms with E-state index in [4.69, 9.17) is 18.9 Å².